The lowest BCUT2D eigenvalue weighted by atomic mass is 10.1. The van der Waals surface area contributed by atoms with Gasteiger partial charge >= 0.3 is 0 Å². The third kappa shape index (κ3) is 3.96. The summed E-state index contributed by atoms with van der Waals surface area (Å²) in [6.07, 6.45) is 0.932. The summed E-state index contributed by atoms with van der Waals surface area (Å²) in [5, 5.41) is 3.72. The number of hydrogen-bond acceptors (Lipinski definition) is 3. The van der Waals surface area contributed by atoms with E-state index in [2.05, 4.69) is 10.0 Å². The van der Waals surface area contributed by atoms with Gasteiger partial charge in [0.05, 0.1) is 5.75 Å². The molecule has 94 valence electrons. The Bertz CT molecular complexity index is 469. The lowest BCUT2D eigenvalue weighted by Gasteiger charge is -2.27. The fourth-order valence-electron chi connectivity index (χ4n) is 1.61. The Kier molecular flexibility index (Phi) is 4.04. The number of hydrogen-bond donors (Lipinski definition) is 2. The molecule has 1 unspecified atom stereocenters. The van der Waals surface area contributed by atoms with Crippen molar-refractivity contribution in [1.29, 1.82) is 0 Å². The van der Waals surface area contributed by atoms with Crippen molar-refractivity contribution in [2.45, 2.75) is 19.0 Å². The van der Waals surface area contributed by atoms with Crippen molar-refractivity contribution in [3.63, 3.8) is 0 Å². The second-order valence-electron chi connectivity index (χ2n) is 4.17. The first-order valence-corrected chi connectivity index (χ1v) is 7.53. The fraction of sp³-hybridized carbons (Fsp3) is 0.455. The van der Waals surface area contributed by atoms with Crippen LogP contribution < -0.4 is 10.0 Å². The minimum absolute atomic E-state index is 0.109. The quantitative estimate of drug-likeness (QED) is 0.846. The summed E-state index contributed by atoms with van der Waals surface area (Å²) in [5.74, 6) is 0.153. The van der Waals surface area contributed by atoms with Gasteiger partial charge in [0.2, 0.25) is 10.0 Å². The van der Waals surface area contributed by atoms with Gasteiger partial charge in [0.25, 0.3) is 0 Å². The highest BCUT2D eigenvalue weighted by Crippen LogP contribution is 2.10. The molecule has 1 aromatic carbocycles. The molecule has 0 saturated carbocycles. The predicted molar refractivity (Wildman–Crippen MR) is 68.5 cm³/mol. The summed E-state index contributed by atoms with van der Waals surface area (Å²) in [6.45, 7) is 1.23. The maximum absolute atomic E-state index is 11.7. The molecule has 0 aromatic heterocycles. The average molecular weight is 275 g/mol. The van der Waals surface area contributed by atoms with Crippen LogP contribution in [0.3, 0.4) is 0 Å². The molecule has 6 heteroatoms. The zero-order valence-corrected chi connectivity index (χ0v) is 10.9. The van der Waals surface area contributed by atoms with Crippen LogP contribution in [0.4, 0.5) is 0 Å². The summed E-state index contributed by atoms with van der Waals surface area (Å²) in [4.78, 5) is 0. The van der Waals surface area contributed by atoms with Gasteiger partial charge < -0.3 is 5.32 Å². The Morgan fingerprint density at radius 1 is 1.35 bits per heavy atom. The zero-order chi connectivity index (χ0) is 12.3. The molecule has 1 saturated heterocycles. The fourth-order valence-corrected chi connectivity index (χ4v) is 3.05. The van der Waals surface area contributed by atoms with E-state index in [1.807, 2.05) is 12.1 Å². The third-order valence-corrected chi connectivity index (χ3v) is 4.43. The number of nitrogens with one attached hydrogen (secondary N) is 2. The van der Waals surface area contributed by atoms with Crippen LogP contribution in [0.5, 0.6) is 0 Å². The van der Waals surface area contributed by atoms with E-state index in [-0.39, 0.29) is 11.8 Å². The predicted octanol–water partition coefficient (Wildman–Crippen LogP) is 1.12. The van der Waals surface area contributed by atoms with Crippen molar-refractivity contribution in [2.24, 2.45) is 0 Å². The van der Waals surface area contributed by atoms with Crippen molar-refractivity contribution >= 4 is 21.6 Å². The molecular weight excluding hydrogens is 260 g/mol. The summed E-state index contributed by atoms with van der Waals surface area (Å²) >= 11 is 5.75. The molecule has 2 N–H and O–H groups in total. The van der Waals surface area contributed by atoms with Crippen LogP contribution in [0.2, 0.25) is 5.02 Å². The Balaban J connectivity index is 1.86. The first-order valence-electron chi connectivity index (χ1n) is 5.50. The molecule has 0 aliphatic carbocycles. The van der Waals surface area contributed by atoms with Crippen molar-refractivity contribution in [3.05, 3.63) is 34.9 Å². The van der Waals surface area contributed by atoms with Crippen LogP contribution in [0.25, 0.3) is 0 Å². The van der Waals surface area contributed by atoms with E-state index in [0.29, 0.717) is 11.6 Å². The van der Waals surface area contributed by atoms with Crippen LogP contribution in [0, 0.1) is 0 Å². The van der Waals surface area contributed by atoms with Crippen molar-refractivity contribution < 1.29 is 8.42 Å². The van der Waals surface area contributed by atoms with Crippen molar-refractivity contribution in [1.82, 2.24) is 10.0 Å². The molecule has 1 aromatic rings. The van der Waals surface area contributed by atoms with E-state index in [4.69, 9.17) is 11.6 Å². The van der Waals surface area contributed by atoms with Crippen molar-refractivity contribution in [2.75, 3.05) is 12.3 Å². The van der Waals surface area contributed by atoms with Gasteiger partial charge in [-0.15, -0.1) is 0 Å². The lowest BCUT2D eigenvalue weighted by molar-refractivity contribution is 0.397. The molecule has 1 heterocycles. The maximum atomic E-state index is 11.7. The molecule has 0 bridgehead atoms. The monoisotopic (exact) mass is 274 g/mol. The smallest absolute Gasteiger partial charge is 0.213 e. The first kappa shape index (κ1) is 12.8. The number of rotatable bonds is 5. The molecule has 4 nitrogen and oxygen atoms in total. The Morgan fingerprint density at radius 2 is 2.00 bits per heavy atom. The van der Waals surface area contributed by atoms with Gasteiger partial charge in [-0.2, -0.15) is 0 Å². The molecule has 0 amide bonds. The van der Waals surface area contributed by atoms with E-state index in [1.54, 1.807) is 12.1 Å². The largest absolute Gasteiger partial charge is 0.313 e. The molecule has 0 radical (unpaired) electrons. The molecule has 1 atom stereocenters. The molecule has 1 fully saturated rings. The molecule has 1 aliphatic rings. The first-order chi connectivity index (χ1) is 8.05. The summed E-state index contributed by atoms with van der Waals surface area (Å²) < 4.78 is 26.0. The summed E-state index contributed by atoms with van der Waals surface area (Å²) in [6, 6.07) is 7.23. The second-order valence-corrected chi connectivity index (χ2v) is 6.46. The van der Waals surface area contributed by atoms with Gasteiger partial charge in [-0.25, -0.2) is 13.1 Å². The second kappa shape index (κ2) is 5.35. The van der Waals surface area contributed by atoms with E-state index in [0.717, 1.165) is 18.5 Å². The van der Waals surface area contributed by atoms with Crippen LogP contribution in [0.1, 0.15) is 12.0 Å². The highest BCUT2D eigenvalue weighted by atomic mass is 35.5. The minimum Gasteiger partial charge on any atom is -0.313 e. The van der Waals surface area contributed by atoms with E-state index in [1.165, 1.54) is 0 Å². The molecule has 17 heavy (non-hydrogen) atoms. The molecule has 0 spiro atoms. The van der Waals surface area contributed by atoms with Crippen LogP contribution in [-0.2, 0) is 16.6 Å². The molecular formula is C11H15ClN2O2S. The van der Waals surface area contributed by atoms with Gasteiger partial charge in [-0.1, -0.05) is 23.7 Å². The van der Waals surface area contributed by atoms with E-state index < -0.39 is 10.0 Å². The number of benzene rings is 1. The highest BCUT2D eigenvalue weighted by Gasteiger charge is 2.23. The van der Waals surface area contributed by atoms with Gasteiger partial charge in [0.15, 0.2) is 0 Å². The SMILES string of the molecule is O=S(=O)(CC1CCN1)NCc1ccc(Cl)cc1. The van der Waals surface area contributed by atoms with E-state index >= 15 is 0 Å². The van der Waals surface area contributed by atoms with Gasteiger partial charge in [-0.05, 0) is 30.7 Å². The average Bonchev–Trinajstić information content (AvgIpc) is 2.23. The van der Waals surface area contributed by atoms with Crippen LogP contribution in [-0.4, -0.2) is 26.8 Å². The Hall–Kier alpha value is -0.620. The normalized spacial score (nSPS) is 19.9. The molecule has 1 aliphatic heterocycles. The number of halogens is 1. The van der Waals surface area contributed by atoms with Gasteiger partial charge in [0.1, 0.15) is 0 Å². The molecule has 2 rings (SSSR count). The topological polar surface area (TPSA) is 58.2 Å². The third-order valence-electron chi connectivity index (χ3n) is 2.76. The maximum Gasteiger partial charge on any atom is 0.213 e. The van der Waals surface area contributed by atoms with E-state index in [9.17, 15) is 8.42 Å². The minimum atomic E-state index is -3.20. The zero-order valence-electron chi connectivity index (χ0n) is 9.32. The summed E-state index contributed by atoms with van der Waals surface area (Å²) in [7, 11) is -3.20. The van der Waals surface area contributed by atoms with Crippen molar-refractivity contribution in [3.8, 4) is 0 Å². The Labute approximate surface area is 106 Å². The van der Waals surface area contributed by atoms with Crippen LogP contribution in [0.15, 0.2) is 24.3 Å². The standard InChI is InChI=1S/C11H15ClN2O2S/c12-10-3-1-9(2-4-10)7-14-17(15,16)8-11-5-6-13-11/h1-4,11,13-14H,5-8H2. The summed E-state index contributed by atoms with van der Waals surface area (Å²) in [5.41, 5.74) is 0.902. The number of sulfonamides is 1. The van der Waals surface area contributed by atoms with Gasteiger partial charge in [-0.3, -0.25) is 0 Å². The van der Waals surface area contributed by atoms with Crippen LogP contribution >= 0.6 is 11.6 Å². The Morgan fingerprint density at radius 3 is 2.53 bits per heavy atom. The lowest BCUT2D eigenvalue weighted by Crippen LogP contribution is -2.49. The van der Waals surface area contributed by atoms with Gasteiger partial charge in [0, 0.05) is 17.6 Å². The highest BCUT2D eigenvalue weighted by molar-refractivity contribution is 7.89.